The van der Waals surface area contributed by atoms with Gasteiger partial charge in [-0.1, -0.05) is 23.7 Å². The number of halogens is 1. The van der Waals surface area contributed by atoms with Gasteiger partial charge in [-0.15, -0.1) is 11.3 Å². The molecule has 2 heterocycles. The zero-order valence-electron chi connectivity index (χ0n) is 11.1. The van der Waals surface area contributed by atoms with Crippen molar-refractivity contribution in [3.8, 4) is 11.5 Å². The number of hydrogen-bond acceptors (Lipinski definition) is 5. The van der Waals surface area contributed by atoms with Crippen LogP contribution in [0.5, 0.6) is 11.5 Å². The van der Waals surface area contributed by atoms with Gasteiger partial charge in [0.25, 0.3) is 0 Å². The molecule has 0 atom stereocenters. The molecule has 0 fully saturated rings. The molecule has 5 nitrogen and oxygen atoms in total. The van der Waals surface area contributed by atoms with Gasteiger partial charge < -0.3 is 9.47 Å². The standard InChI is InChI=1S/C13H12ClNO4S2/c1-8-5-11(20-13(8)14)21(16,17)15-6-9-3-2-4-10-12(9)19-7-18-10/h2-5,15H,6-7H2,1H3. The van der Waals surface area contributed by atoms with Crippen LogP contribution in [-0.2, 0) is 16.6 Å². The minimum absolute atomic E-state index is 0.128. The van der Waals surface area contributed by atoms with Gasteiger partial charge in [0, 0.05) is 12.1 Å². The highest BCUT2D eigenvalue weighted by atomic mass is 35.5. The van der Waals surface area contributed by atoms with Gasteiger partial charge in [0.2, 0.25) is 16.8 Å². The third-order valence-electron chi connectivity index (χ3n) is 3.03. The van der Waals surface area contributed by atoms with Crippen LogP contribution in [0.25, 0.3) is 0 Å². The maximum Gasteiger partial charge on any atom is 0.250 e. The zero-order valence-corrected chi connectivity index (χ0v) is 13.4. The topological polar surface area (TPSA) is 64.6 Å². The Morgan fingerprint density at radius 3 is 2.90 bits per heavy atom. The summed E-state index contributed by atoms with van der Waals surface area (Å²) in [5, 5.41) is 0. The molecule has 8 heteroatoms. The normalized spacial score (nSPS) is 13.6. The second-order valence-corrected chi connectivity index (χ2v) is 8.15. The number of sulfonamides is 1. The second kappa shape index (κ2) is 5.49. The van der Waals surface area contributed by atoms with E-state index >= 15 is 0 Å². The second-order valence-electron chi connectivity index (χ2n) is 4.50. The Hall–Kier alpha value is -1.28. The number of para-hydroxylation sites is 1. The molecule has 0 spiro atoms. The van der Waals surface area contributed by atoms with Crippen molar-refractivity contribution < 1.29 is 17.9 Å². The van der Waals surface area contributed by atoms with E-state index in [0.717, 1.165) is 22.5 Å². The van der Waals surface area contributed by atoms with E-state index in [1.165, 1.54) is 0 Å². The molecule has 1 aromatic carbocycles. The molecule has 0 radical (unpaired) electrons. The molecule has 0 saturated heterocycles. The van der Waals surface area contributed by atoms with Gasteiger partial charge in [-0.2, -0.15) is 0 Å². The van der Waals surface area contributed by atoms with Crippen LogP contribution in [-0.4, -0.2) is 15.2 Å². The highest BCUT2D eigenvalue weighted by Crippen LogP contribution is 2.35. The fourth-order valence-electron chi connectivity index (χ4n) is 1.94. The van der Waals surface area contributed by atoms with E-state index in [1.54, 1.807) is 31.2 Å². The number of nitrogens with one attached hydrogen (secondary N) is 1. The SMILES string of the molecule is Cc1cc(S(=O)(=O)NCc2cccc3c2OCO3)sc1Cl. The van der Waals surface area contributed by atoms with Gasteiger partial charge in [-0.05, 0) is 24.6 Å². The van der Waals surface area contributed by atoms with E-state index in [-0.39, 0.29) is 17.5 Å². The van der Waals surface area contributed by atoms with Gasteiger partial charge in [0.15, 0.2) is 11.5 Å². The van der Waals surface area contributed by atoms with Crippen LogP contribution in [0.15, 0.2) is 28.5 Å². The highest BCUT2D eigenvalue weighted by molar-refractivity contribution is 7.91. The Labute approximate surface area is 131 Å². The van der Waals surface area contributed by atoms with Gasteiger partial charge in [-0.3, -0.25) is 0 Å². The molecule has 3 rings (SSSR count). The molecular formula is C13H12ClNO4S2. The van der Waals surface area contributed by atoms with Crippen LogP contribution < -0.4 is 14.2 Å². The molecular weight excluding hydrogens is 334 g/mol. The Bertz CT molecular complexity index is 766. The van der Waals surface area contributed by atoms with Crippen molar-refractivity contribution in [3.63, 3.8) is 0 Å². The lowest BCUT2D eigenvalue weighted by molar-refractivity contribution is 0.173. The lowest BCUT2D eigenvalue weighted by Gasteiger charge is -2.07. The predicted molar refractivity (Wildman–Crippen MR) is 80.7 cm³/mol. The summed E-state index contributed by atoms with van der Waals surface area (Å²) in [6, 6.07) is 6.93. The number of fused-ring (bicyclic) bond motifs is 1. The van der Waals surface area contributed by atoms with Crippen molar-refractivity contribution >= 4 is 33.0 Å². The summed E-state index contributed by atoms with van der Waals surface area (Å²) in [6.45, 7) is 2.05. The van der Waals surface area contributed by atoms with Crippen LogP contribution in [0.2, 0.25) is 4.34 Å². The lowest BCUT2D eigenvalue weighted by atomic mass is 10.2. The summed E-state index contributed by atoms with van der Waals surface area (Å²) < 4.78 is 38.3. The van der Waals surface area contributed by atoms with Crippen molar-refractivity contribution in [2.24, 2.45) is 0 Å². The number of aryl methyl sites for hydroxylation is 1. The van der Waals surface area contributed by atoms with Crippen LogP contribution in [0.1, 0.15) is 11.1 Å². The third-order valence-corrected chi connectivity index (χ3v) is 6.46. The Morgan fingerprint density at radius 2 is 2.19 bits per heavy atom. The summed E-state index contributed by atoms with van der Waals surface area (Å²) in [5.41, 5.74) is 1.48. The molecule has 1 aliphatic rings. The van der Waals surface area contributed by atoms with Gasteiger partial charge in [-0.25, -0.2) is 13.1 Å². The van der Waals surface area contributed by atoms with Gasteiger partial charge >= 0.3 is 0 Å². The van der Waals surface area contributed by atoms with Gasteiger partial charge in [0.05, 0.1) is 4.34 Å². The van der Waals surface area contributed by atoms with E-state index in [0.29, 0.717) is 15.8 Å². The summed E-state index contributed by atoms with van der Waals surface area (Å²) in [7, 11) is -3.59. The first-order valence-corrected chi connectivity index (χ1v) is 8.78. The number of benzene rings is 1. The van der Waals surface area contributed by atoms with Crippen LogP contribution in [0, 0.1) is 6.92 Å². The molecule has 0 aliphatic carbocycles. The largest absolute Gasteiger partial charge is 0.454 e. The van der Waals surface area contributed by atoms with E-state index in [4.69, 9.17) is 21.1 Å². The first-order valence-electron chi connectivity index (χ1n) is 6.10. The molecule has 1 aromatic heterocycles. The fourth-order valence-corrected chi connectivity index (χ4v) is 4.70. The van der Waals surface area contributed by atoms with Crippen molar-refractivity contribution in [2.75, 3.05) is 6.79 Å². The van der Waals surface area contributed by atoms with E-state index in [1.807, 2.05) is 0 Å². The van der Waals surface area contributed by atoms with E-state index in [2.05, 4.69) is 4.72 Å². The summed E-state index contributed by atoms with van der Waals surface area (Å²) >= 11 is 6.96. The Balaban J connectivity index is 1.80. The van der Waals surface area contributed by atoms with Crippen molar-refractivity contribution in [1.29, 1.82) is 0 Å². The average molecular weight is 346 g/mol. The molecule has 0 saturated carbocycles. The monoisotopic (exact) mass is 345 g/mol. The number of thiophene rings is 1. The van der Waals surface area contributed by atoms with E-state index < -0.39 is 10.0 Å². The van der Waals surface area contributed by atoms with Crippen molar-refractivity contribution in [1.82, 2.24) is 4.72 Å². The molecule has 21 heavy (non-hydrogen) atoms. The Morgan fingerprint density at radius 1 is 1.38 bits per heavy atom. The molecule has 0 bridgehead atoms. The maximum atomic E-state index is 12.2. The van der Waals surface area contributed by atoms with E-state index in [9.17, 15) is 8.42 Å². The molecule has 2 aromatic rings. The number of hydrogen-bond donors (Lipinski definition) is 1. The van der Waals surface area contributed by atoms with Gasteiger partial charge in [0.1, 0.15) is 4.21 Å². The number of ether oxygens (including phenoxy) is 2. The Kier molecular flexibility index (Phi) is 3.83. The first kappa shape index (κ1) is 14.6. The molecule has 1 aliphatic heterocycles. The van der Waals surface area contributed by atoms with Crippen molar-refractivity contribution in [2.45, 2.75) is 17.7 Å². The molecule has 112 valence electrons. The summed E-state index contributed by atoms with van der Waals surface area (Å²) in [6.07, 6.45) is 0. The number of rotatable bonds is 4. The van der Waals surface area contributed by atoms with Crippen LogP contribution in [0.4, 0.5) is 0 Å². The van der Waals surface area contributed by atoms with Crippen LogP contribution in [0.3, 0.4) is 0 Å². The average Bonchev–Trinajstić information content (AvgIpc) is 3.04. The van der Waals surface area contributed by atoms with Crippen molar-refractivity contribution in [3.05, 3.63) is 39.7 Å². The molecule has 0 unspecified atom stereocenters. The maximum absolute atomic E-state index is 12.2. The molecule has 1 N–H and O–H groups in total. The third kappa shape index (κ3) is 2.87. The quantitative estimate of drug-likeness (QED) is 0.925. The lowest BCUT2D eigenvalue weighted by Crippen LogP contribution is -2.22. The summed E-state index contributed by atoms with van der Waals surface area (Å²) in [5.74, 6) is 1.21. The predicted octanol–water partition coefficient (Wildman–Crippen LogP) is 2.92. The minimum Gasteiger partial charge on any atom is -0.454 e. The first-order chi connectivity index (χ1) is 9.97. The smallest absolute Gasteiger partial charge is 0.250 e. The molecule has 0 amide bonds. The van der Waals surface area contributed by atoms with Crippen LogP contribution >= 0.6 is 22.9 Å². The fraction of sp³-hybridized carbons (Fsp3) is 0.231. The highest BCUT2D eigenvalue weighted by Gasteiger charge is 2.21. The zero-order chi connectivity index (χ0) is 15.0. The minimum atomic E-state index is -3.59. The summed E-state index contributed by atoms with van der Waals surface area (Å²) in [4.78, 5) is 0.